The molecule has 21 heavy (non-hydrogen) atoms. The van der Waals surface area contributed by atoms with E-state index in [1.807, 2.05) is 19.9 Å². The molecule has 0 bridgehead atoms. The molecule has 0 fully saturated rings. The fourth-order valence-corrected chi connectivity index (χ4v) is 3.13. The molecule has 0 amide bonds. The highest BCUT2D eigenvalue weighted by molar-refractivity contribution is 6.32. The number of fused-ring (bicyclic) bond motifs is 1. The number of hydrogen-bond acceptors (Lipinski definition) is 2. The molecule has 2 aromatic rings. The van der Waals surface area contributed by atoms with Crippen LogP contribution in [0, 0.1) is 20.8 Å². The summed E-state index contributed by atoms with van der Waals surface area (Å²) in [5, 5.41) is 0.754. The van der Waals surface area contributed by atoms with Gasteiger partial charge in [0.05, 0.1) is 6.42 Å². The van der Waals surface area contributed by atoms with Crippen molar-refractivity contribution in [1.29, 1.82) is 0 Å². The normalized spacial score (nSPS) is 17.3. The predicted molar refractivity (Wildman–Crippen MR) is 84.2 cm³/mol. The van der Waals surface area contributed by atoms with Gasteiger partial charge >= 0.3 is 5.97 Å². The van der Waals surface area contributed by atoms with Gasteiger partial charge in [-0.3, -0.25) is 4.79 Å². The third kappa shape index (κ3) is 2.44. The molecule has 1 atom stereocenters. The van der Waals surface area contributed by atoms with E-state index in [2.05, 4.69) is 31.2 Å². The molecule has 0 radical (unpaired) electrons. The van der Waals surface area contributed by atoms with Crippen molar-refractivity contribution < 1.29 is 9.53 Å². The van der Waals surface area contributed by atoms with Gasteiger partial charge in [-0.15, -0.1) is 0 Å². The highest BCUT2D eigenvalue weighted by Gasteiger charge is 2.31. The Bertz CT molecular complexity index is 717. The van der Waals surface area contributed by atoms with Gasteiger partial charge in [0.1, 0.15) is 5.75 Å². The maximum Gasteiger partial charge on any atom is 0.312 e. The average Bonchev–Trinajstić information content (AvgIpc) is 2.44. The monoisotopic (exact) mass is 300 g/mol. The van der Waals surface area contributed by atoms with Gasteiger partial charge < -0.3 is 4.74 Å². The number of aryl methyl sites for hydroxylation is 2. The van der Waals surface area contributed by atoms with Crippen molar-refractivity contribution in [1.82, 2.24) is 0 Å². The van der Waals surface area contributed by atoms with Crippen molar-refractivity contribution in [2.24, 2.45) is 0 Å². The number of esters is 1. The summed E-state index contributed by atoms with van der Waals surface area (Å²) < 4.78 is 5.43. The zero-order valence-corrected chi connectivity index (χ0v) is 13.1. The number of carbonyl (C=O) groups excluding carboxylic acids is 1. The first-order valence-electron chi connectivity index (χ1n) is 7.04. The summed E-state index contributed by atoms with van der Waals surface area (Å²) in [6.45, 7) is 5.98. The molecule has 3 heteroatoms. The number of benzene rings is 2. The Morgan fingerprint density at radius 2 is 1.81 bits per heavy atom. The van der Waals surface area contributed by atoms with Crippen LogP contribution in [0.15, 0.2) is 30.3 Å². The number of hydrogen-bond donors (Lipinski definition) is 0. The lowest BCUT2D eigenvalue weighted by molar-refractivity contribution is -0.135. The average molecular weight is 301 g/mol. The molecule has 0 aliphatic carbocycles. The minimum absolute atomic E-state index is 0.0138. The van der Waals surface area contributed by atoms with Crippen molar-refractivity contribution in [2.75, 3.05) is 0 Å². The van der Waals surface area contributed by atoms with Gasteiger partial charge in [-0.25, -0.2) is 0 Å². The Labute approximate surface area is 129 Å². The lowest BCUT2D eigenvalue weighted by Gasteiger charge is -2.28. The number of rotatable bonds is 1. The van der Waals surface area contributed by atoms with E-state index in [1.54, 1.807) is 0 Å². The summed E-state index contributed by atoms with van der Waals surface area (Å²) in [7, 11) is 0. The fourth-order valence-electron chi connectivity index (χ4n) is 2.97. The van der Waals surface area contributed by atoms with Crippen molar-refractivity contribution in [3.63, 3.8) is 0 Å². The molecular formula is C18H17ClO2. The zero-order valence-electron chi connectivity index (χ0n) is 12.4. The van der Waals surface area contributed by atoms with Crippen LogP contribution < -0.4 is 4.74 Å². The number of ether oxygens (including phenoxy) is 1. The van der Waals surface area contributed by atoms with Crippen LogP contribution in [-0.4, -0.2) is 5.97 Å². The summed E-state index contributed by atoms with van der Waals surface area (Å²) in [6, 6.07) is 10.2. The topological polar surface area (TPSA) is 26.3 Å². The minimum atomic E-state index is -0.186. The Morgan fingerprint density at radius 1 is 1.14 bits per heavy atom. The molecule has 0 spiro atoms. The lowest BCUT2D eigenvalue weighted by atomic mass is 9.83. The smallest absolute Gasteiger partial charge is 0.312 e. The minimum Gasteiger partial charge on any atom is -0.426 e. The van der Waals surface area contributed by atoms with E-state index in [9.17, 15) is 4.79 Å². The highest BCUT2D eigenvalue weighted by atomic mass is 35.5. The first-order valence-corrected chi connectivity index (χ1v) is 7.42. The SMILES string of the molecule is Cc1ccc(C2CC(=O)Oc3cc(C)c(Cl)c(C)c32)cc1. The highest BCUT2D eigenvalue weighted by Crippen LogP contribution is 2.43. The van der Waals surface area contributed by atoms with E-state index in [4.69, 9.17) is 16.3 Å². The molecule has 1 aliphatic rings. The van der Waals surface area contributed by atoms with Gasteiger partial charge in [0.25, 0.3) is 0 Å². The Balaban J connectivity index is 2.19. The molecule has 0 saturated carbocycles. The van der Waals surface area contributed by atoms with Crippen molar-refractivity contribution in [3.05, 3.63) is 63.2 Å². The second kappa shape index (κ2) is 5.19. The molecule has 1 unspecified atom stereocenters. The standard InChI is InChI=1S/C18H17ClO2/c1-10-4-6-13(7-5-10)14-9-16(20)21-15-8-11(2)18(19)12(3)17(14)15/h4-8,14H,9H2,1-3H3. The Morgan fingerprint density at radius 3 is 2.48 bits per heavy atom. The first kappa shape index (κ1) is 14.2. The molecule has 0 saturated heterocycles. The summed E-state index contributed by atoms with van der Waals surface area (Å²) in [6.07, 6.45) is 0.357. The maximum atomic E-state index is 11.9. The Kier molecular flexibility index (Phi) is 3.50. The van der Waals surface area contributed by atoms with Gasteiger partial charge in [-0.1, -0.05) is 41.4 Å². The van der Waals surface area contributed by atoms with Gasteiger partial charge in [-0.2, -0.15) is 0 Å². The lowest BCUT2D eigenvalue weighted by Crippen LogP contribution is -2.22. The zero-order chi connectivity index (χ0) is 15.1. The van der Waals surface area contributed by atoms with Crippen LogP contribution in [-0.2, 0) is 4.79 Å². The molecular weight excluding hydrogens is 284 g/mol. The Hall–Kier alpha value is -1.80. The maximum absolute atomic E-state index is 11.9. The second-order valence-corrected chi connectivity index (χ2v) is 6.06. The molecule has 2 aromatic carbocycles. The largest absolute Gasteiger partial charge is 0.426 e. The van der Waals surface area contributed by atoms with Gasteiger partial charge in [0, 0.05) is 16.5 Å². The molecule has 3 rings (SSSR count). The quantitative estimate of drug-likeness (QED) is 0.563. The molecule has 2 nitrogen and oxygen atoms in total. The van der Waals surface area contributed by atoms with Crippen LogP contribution in [0.4, 0.5) is 0 Å². The molecule has 1 aliphatic heterocycles. The van der Waals surface area contributed by atoms with E-state index >= 15 is 0 Å². The molecule has 1 heterocycles. The van der Waals surface area contributed by atoms with Crippen LogP contribution >= 0.6 is 11.6 Å². The third-order valence-electron chi connectivity index (χ3n) is 4.12. The number of halogens is 1. The van der Waals surface area contributed by atoms with E-state index in [-0.39, 0.29) is 11.9 Å². The van der Waals surface area contributed by atoms with Gasteiger partial charge in [0.15, 0.2) is 0 Å². The first-order chi connectivity index (χ1) is 9.97. The second-order valence-electron chi connectivity index (χ2n) is 5.69. The van der Waals surface area contributed by atoms with Crippen LogP contribution in [0.5, 0.6) is 5.75 Å². The van der Waals surface area contributed by atoms with Gasteiger partial charge in [-0.05, 0) is 43.5 Å². The molecule has 0 N–H and O–H groups in total. The molecule has 0 aromatic heterocycles. The summed E-state index contributed by atoms with van der Waals surface area (Å²) >= 11 is 6.39. The van der Waals surface area contributed by atoms with Crippen LogP contribution in [0.2, 0.25) is 5.02 Å². The molecule has 108 valence electrons. The fraction of sp³-hybridized carbons (Fsp3) is 0.278. The summed E-state index contributed by atoms with van der Waals surface area (Å²) in [5.74, 6) is 0.477. The van der Waals surface area contributed by atoms with Crippen molar-refractivity contribution >= 4 is 17.6 Å². The van der Waals surface area contributed by atoms with Crippen LogP contribution in [0.1, 0.15) is 40.2 Å². The summed E-state index contributed by atoms with van der Waals surface area (Å²) in [5.41, 5.74) is 5.31. The van der Waals surface area contributed by atoms with Crippen molar-refractivity contribution in [3.8, 4) is 5.75 Å². The van der Waals surface area contributed by atoms with E-state index in [0.29, 0.717) is 12.2 Å². The van der Waals surface area contributed by atoms with Gasteiger partial charge in [0.2, 0.25) is 0 Å². The van der Waals surface area contributed by atoms with Crippen LogP contribution in [0.25, 0.3) is 0 Å². The predicted octanol–water partition coefficient (Wildman–Crippen LogP) is 4.71. The number of carbonyl (C=O) groups is 1. The van der Waals surface area contributed by atoms with E-state index in [0.717, 1.165) is 27.3 Å². The van der Waals surface area contributed by atoms with E-state index in [1.165, 1.54) is 5.56 Å². The van der Waals surface area contributed by atoms with E-state index < -0.39 is 0 Å². The summed E-state index contributed by atoms with van der Waals surface area (Å²) in [4.78, 5) is 11.9. The van der Waals surface area contributed by atoms with Crippen LogP contribution in [0.3, 0.4) is 0 Å². The third-order valence-corrected chi connectivity index (χ3v) is 4.70. The van der Waals surface area contributed by atoms with Crippen molar-refractivity contribution in [2.45, 2.75) is 33.1 Å².